The van der Waals surface area contributed by atoms with Crippen molar-refractivity contribution in [3.05, 3.63) is 64.7 Å². The number of benzene rings is 2. The molecule has 0 spiro atoms. The van der Waals surface area contributed by atoms with E-state index in [1.54, 1.807) is 0 Å². The first-order valence-corrected chi connectivity index (χ1v) is 6.83. The molecule has 2 aromatic carbocycles. The molecule has 0 saturated carbocycles. The Hall–Kier alpha value is -1.51. The Morgan fingerprint density at radius 2 is 1.95 bits per heavy atom. The molecule has 0 aliphatic rings. The number of hydrogen-bond acceptors (Lipinski definition) is 2. The van der Waals surface area contributed by atoms with Crippen molar-refractivity contribution in [2.24, 2.45) is 0 Å². The highest BCUT2D eigenvalue weighted by molar-refractivity contribution is 6.31. The van der Waals surface area contributed by atoms with Gasteiger partial charge in [-0.1, -0.05) is 48.9 Å². The molecule has 0 bridgehead atoms. The van der Waals surface area contributed by atoms with Crippen LogP contribution >= 0.6 is 11.6 Å². The van der Waals surface area contributed by atoms with Crippen molar-refractivity contribution in [2.75, 3.05) is 6.54 Å². The molecule has 100 valence electrons. The molecule has 0 unspecified atom stereocenters. The first-order chi connectivity index (χ1) is 9.29. The van der Waals surface area contributed by atoms with E-state index >= 15 is 0 Å². The second-order valence-corrected chi connectivity index (χ2v) is 4.72. The average molecular weight is 276 g/mol. The van der Waals surface area contributed by atoms with E-state index in [4.69, 9.17) is 16.3 Å². The molecule has 19 heavy (non-hydrogen) atoms. The minimum atomic E-state index is 0.490. The van der Waals surface area contributed by atoms with E-state index in [1.807, 2.05) is 36.4 Å². The number of rotatable bonds is 6. The lowest BCUT2D eigenvalue weighted by molar-refractivity contribution is 0.306. The molecule has 3 heteroatoms. The maximum Gasteiger partial charge on any atom is 0.120 e. The van der Waals surface area contributed by atoms with Crippen molar-refractivity contribution < 1.29 is 4.74 Å². The summed E-state index contributed by atoms with van der Waals surface area (Å²) < 4.78 is 5.78. The van der Waals surface area contributed by atoms with Gasteiger partial charge in [0.1, 0.15) is 12.4 Å². The number of halogens is 1. The van der Waals surface area contributed by atoms with Crippen LogP contribution in [-0.4, -0.2) is 6.54 Å². The van der Waals surface area contributed by atoms with E-state index in [-0.39, 0.29) is 0 Å². The minimum absolute atomic E-state index is 0.490. The zero-order valence-electron chi connectivity index (χ0n) is 11.0. The third-order valence-corrected chi connectivity index (χ3v) is 3.20. The Bertz CT molecular complexity index is 528. The molecule has 0 aliphatic heterocycles. The van der Waals surface area contributed by atoms with Gasteiger partial charge in [0, 0.05) is 17.1 Å². The van der Waals surface area contributed by atoms with E-state index < -0.39 is 0 Å². The summed E-state index contributed by atoms with van der Waals surface area (Å²) in [6.45, 7) is 4.41. The molecule has 0 saturated heterocycles. The van der Waals surface area contributed by atoms with Crippen LogP contribution in [0, 0.1) is 0 Å². The van der Waals surface area contributed by atoms with Crippen LogP contribution < -0.4 is 10.1 Å². The summed E-state index contributed by atoms with van der Waals surface area (Å²) in [6.07, 6.45) is 0. The second-order valence-electron chi connectivity index (χ2n) is 4.31. The molecular formula is C16H18ClNO. The van der Waals surface area contributed by atoms with Crippen molar-refractivity contribution in [2.45, 2.75) is 20.1 Å². The van der Waals surface area contributed by atoms with Gasteiger partial charge in [0.05, 0.1) is 0 Å². The number of ether oxygens (including phenoxy) is 1. The average Bonchev–Trinajstić information content (AvgIpc) is 2.45. The number of hydrogen-bond donors (Lipinski definition) is 1. The SMILES string of the molecule is CCNCc1cccc(OCc2ccccc2Cl)c1. The van der Waals surface area contributed by atoms with Crippen LogP contribution in [0.5, 0.6) is 5.75 Å². The fraction of sp³-hybridized carbons (Fsp3) is 0.250. The van der Waals surface area contributed by atoms with E-state index in [9.17, 15) is 0 Å². The van der Waals surface area contributed by atoms with Crippen LogP contribution in [0.3, 0.4) is 0 Å². The Kier molecular flexibility index (Phi) is 5.25. The van der Waals surface area contributed by atoms with Gasteiger partial charge in [-0.25, -0.2) is 0 Å². The topological polar surface area (TPSA) is 21.3 Å². The van der Waals surface area contributed by atoms with Gasteiger partial charge in [-0.2, -0.15) is 0 Å². The van der Waals surface area contributed by atoms with Gasteiger partial charge < -0.3 is 10.1 Å². The zero-order valence-corrected chi connectivity index (χ0v) is 11.8. The van der Waals surface area contributed by atoms with Crippen molar-refractivity contribution in [3.63, 3.8) is 0 Å². The Labute approximate surface area is 119 Å². The molecule has 0 heterocycles. The van der Waals surface area contributed by atoms with Gasteiger partial charge in [-0.05, 0) is 30.3 Å². The largest absolute Gasteiger partial charge is 0.489 e. The van der Waals surface area contributed by atoms with Gasteiger partial charge in [0.25, 0.3) is 0 Å². The lowest BCUT2D eigenvalue weighted by Crippen LogP contribution is -2.11. The summed E-state index contributed by atoms with van der Waals surface area (Å²) in [4.78, 5) is 0. The van der Waals surface area contributed by atoms with Crippen LogP contribution in [0.1, 0.15) is 18.1 Å². The van der Waals surface area contributed by atoms with Crippen molar-refractivity contribution in [1.82, 2.24) is 5.32 Å². The van der Waals surface area contributed by atoms with Gasteiger partial charge in [0.15, 0.2) is 0 Å². The summed E-state index contributed by atoms with van der Waals surface area (Å²) >= 11 is 6.10. The van der Waals surface area contributed by atoms with E-state index in [0.29, 0.717) is 6.61 Å². The predicted octanol–water partition coefficient (Wildman–Crippen LogP) is 4.03. The molecular weight excluding hydrogens is 258 g/mol. The fourth-order valence-electron chi connectivity index (χ4n) is 1.79. The summed E-state index contributed by atoms with van der Waals surface area (Å²) in [5.74, 6) is 0.871. The molecule has 0 aromatic heterocycles. The summed E-state index contributed by atoms with van der Waals surface area (Å²) in [6, 6.07) is 15.9. The maximum atomic E-state index is 6.10. The summed E-state index contributed by atoms with van der Waals surface area (Å²) in [5.41, 5.74) is 2.22. The molecule has 0 amide bonds. The standard InChI is InChI=1S/C16H18ClNO/c1-2-18-11-13-6-5-8-15(10-13)19-12-14-7-3-4-9-16(14)17/h3-10,18H,2,11-12H2,1H3. The molecule has 0 radical (unpaired) electrons. The normalized spacial score (nSPS) is 10.4. The van der Waals surface area contributed by atoms with E-state index in [1.165, 1.54) is 5.56 Å². The van der Waals surface area contributed by atoms with Gasteiger partial charge >= 0.3 is 0 Å². The number of nitrogens with one attached hydrogen (secondary N) is 1. The van der Waals surface area contributed by atoms with Crippen molar-refractivity contribution in [3.8, 4) is 5.75 Å². The Morgan fingerprint density at radius 3 is 2.74 bits per heavy atom. The summed E-state index contributed by atoms with van der Waals surface area (Å²) in [7, 11) is 0. The lowest BCUT2D eigenvalue weighted by atomic mass is 10.2. The highest BCUT2D eigenvalue weighted by Gasteiger charge is 2.01. The molecule has 2 aromatic rings. The second kappa shape index (κ2) is 7.17. The van der Waals surface area contributed by atoms with Crippen LogP contribution in [0.15, 0.2) is 48.5 Å². The van der Waals surface area contributed by atoms with Gasteiger partial charge in [-0.15, -0.1) is 0 Å². The van der Waals surface area contributed by atoms with Gasteiger partial charge in [-0.3, -0.25) is 0 Å². The van der Waals surface area contributed by atoms with Gasteiger partial charge in [0.2, 0.25) is 0 Å². The Morgan fingerprint density at radius 1 is 1.11 bits per heavy atom. The molecule has 1 N–H and O–H groups in total. The lowest BCUT2D eigenvalue weighted by Gasteiger charge is -2.09. The predicted molar refractivity (Wildman–Crippen MR) is 79.6 cm³/mol. The zero-order chi connectivity index (χ0) is 13.5. The van der Waals surface area contributed by atoms with Crippen molar-refractivity contribution >= 4 is 11.6 Å². The monoisotopic (exact) mass is 275 g/mol. The van der Waals surface area contributed by atoms with E-state index in [0.717, 1.165) is 29.4 Å². The molecule has 0 fully saturated rings. The molecule has 2 nitrogen and oxygen atoms in total. The Balaban J connectivity index is 1.98. The molecule has 0 aliphatic carbocycles. The first-order valence-electron chi connectivity index (χ1n) is 6.45. The third-order valence-electron chi connectivity index (χ3n) is 2.83. The minimum Gasteiger partial charge on any atom is -0.489 e. The molecule has 2 rings (SSSR count). The van der Waals surface area contributed by atoms with Crippen molar-refractivity contribution in [1.29, 1.82) is 0 Å². The van der Waals surface area contributed by atoms with Crippen LogP contribution in [-0.2, 0) is 13.2 Å². The quantitative estimate of drug-likeness (QED) is 0.859. The van der Waals surface area contributed by atoms with Crippen LogP contribution in [0.4, 0.5) is 0 Å². The first kappa shape index (κ1) is 13.9. The summed E-state index contributed by atoms with van der Waals surface area (Å²) in [5, 5.41) is 4.04. The molecule has 0 atom stereocenters. The van der Waals surface area contributed by atoms with Crippen LogP contribution in [0.2, 0.25) is 5.02 Å². The fourth-order valence-corrected chi connectivity index (χ4v) is 1.98. The maximum absolute atomic E-state index is 6.10. The smallest absolute Gasteiger partial charge is 0.120 e. The third kappa shape index (κ3) is 4.27. The van der Waals surface area contributed by atoms with Crippen LogP contribution in [0.25, 0.3) is 0 Å². The highest BCUT2D eigenvalue weighted by Crippen LogP contribution is 2.19. The highest BCUT2D eigenvalue weighted by atomic mass is 35.5. The van der Waals surface area contributed by atoms with E-state index in [2.05, 4.69) is 24.4 Å².